The van der Waals surface area contributed by atoms with Gasteiger partial charge in [-0.1, -0.05) is 15.9 Å². The maximum absolute atomic E-state index is 11.9. The first-order valence-corrected chi connectivity index (χ1v) is 6.32. The Hall–Kier alpha value is -1.60. The molecule has 1 unspecified atom stereocenters. The molecule has 19 heavy (non-hydrogen) atoms. The van der Waals surface area contributed by atoms with Gasteiger partial charge in [0.25, 0.3) is 5.91 Å². The number of hydrogen-bond donors (Lipinski definition) is 3. The molecule has 104 valence electrons. The molecule has 0 spiro atoms. The monoisotopic (exact) mass is 330 g/mol. The first kappa shape index (κ1) is 15.5. The normalized spacial score (nSPS) is 11.9. The van der Waals surface area contributed by atoms with Gasteiger partial charge in [-0.25, -0.2) is 4.79 Å². The number of nitrogen functional groups attached to an aromatic ring is 1. The maximum Gasteiger partial charge on any atom is 0.326 e. The summed E-state index contributed by atoms with van der Waals surface area (Å²) in [6.45, 7) is 0.243. The van der Waals surface area contributed by atoms with Crippen LogP contribution in [0.25, 0.3) is 0 Å². The molecule has 1 rings (SSSR count). The summed E-state index contributed by atoms with van der Waals surface area (Å²) in [5, 5.41) is 11.4. The average Bonchev–Trinajstić information content (AvgIpc) is 2.33. The fourth-order valence-electron chi connectivity index (χ4n) is 1.47. The van der Waals surface area contributed by atoms with E-state index in [-0.39, 0.29) is 24.3 Å². The number of carboxylic acids is 1. The van der Waals surface area contributed by atoms with E-state index in [0.717, 1.165) is 4.47 Å². The molecule has 1 atom stereocenters. The molecule has 0 heterocycles. The molecule has 4 N–H and O–H groups in total. The van der Waals surface area contributed by atoms with E-state index in [1.807, 2.05) is 0 Å². The van der Waals surface area contributed by atoms with E-state index >= 15 is 0 Å². The smallest absolute Gasteiger partial charge is 0.326 e. The van der Waals surface area contributed by atoms with Crippen molar-refractivity contribution in [1.82, 2.24) is 5.32 Å². The first-order chi connectivity index (χ1) is 8.95. The lowest BCUT2D eigenvalue weighted by molar-refractivity contribution is -0.139. The van der Waals surface area contributed by atoms with Crippen LogP contribution in [0.4, 0.5) is 5.69 Å². The van der Waals surface area contributed by atoms with Crippen LogP contribution in [0.2, 0.25) is 0 Å². The Balaban J connectivity index is 2.78. The van der Waals surface area contributed by atoms with Crippen LogP contribution in [-0.2, 0) is 9.53 Å². The molecule has 7 heteroatoms. The minimum atomic E-state index is -1.11. The van der Waals surface area contributed by atoms with Crippen LogP contribution in [0, 0.1) is 0 Å². The summed E-state index contributed by atoms with van der Waals surface area (Å²) < 4.78 is 5.55. The number of carboxylic acid groups (broad SMARTS) is 1. The molecule has 1 amide bonds. The summed E-state index contributed by atoms with van der Waals surface area (Å²) in [6.07, 6.45) is 0.188. The highest BCUT2D eigenvalue weighted by Gasteiger charge is 2.21. The zero-order valence-electron chi connectivity index (χ0n) is 10.4. The predicted octanol–water partition coefficient (Wildman–Crippen LogP) is 1.25. The number of halogens is 1. The van der Waals surface area contributed by atoms with Gasteiger partial charge >= 0.3 is 5.97 Å². The van der Waals surface area contributed by atoms with Gasteiger partial charge < -0.3 is 20.9 Å². The Kier molecular flexibility index (Phi) is 5.78. The number of carbonyl (C=O) groups is 2. The second-order valence-corrected chi connectivity index (χ2v) is 4.79. The van der Waals surface area contributed by atoms with E-state index in [9.17, 15) is 9.59 Å². The number of hydrogen-bond acceptors (Lipinski definition) is 4. The van der Waals surface area contributed by atoms with Gasteiger partial charge in [0.15, 0.2) is 0 Å². The van der Waals surface area contributed by atoms with Crippen molar-refractivity contribution in [2.24, 2.45) is 0 Å². The van der Waals surface area contributed by atoms with Crippen LogP contribution in [0.3, 0.4) is 0 Å². The van der Waals surface area contributed by atoms with Crippen molar-refractivity contribution < 1.29 is 19.4 Å². The minimum absolute atomic E-state index is 0.188. The fourth-order valence-corrected chi connectivity index (χ4v) is 1.85. The Bertz CT molecular complexity index is 479. The minimum Gasteiger partial charge on any atom is -0.480 e. The second-order valence-electron chi connectivity index (χ2n) is 3.88. The molecule has 1 aromatic rings. The molecule has 0 bridgehead atoms. The lowest BCUT2D eigenvalue weighted by Crippen LogP contribution is -2.41. The van der Waals surface area contributed by atoms with E-state index in [2.05, 4.69) is 21.2 Å². The quantitative estimate of drug-likeness (QED) is 0.681. The number of benzene rings is 1. The Morgan fingerprint density at radius 1 is 1.53 bits per heavy atom. The summed E-state index contributed by atoms with van der Waals surface area (Å²) in [5.74, 6) is -1.63. The molecule has 1 aromatic carbocycles. The van der Waals surface area contributed by atoms with E-state index < -0.39 is 17.9 Å². The third kappa shape index (κ3) is 4.53. The van der Waals surface area contributed by atoms with Crippen LogP contribution in [0.5, 0.6) is 0 Å². The summed E-state index contributed by atoms with van der Waals surface area (Å²) >= 11 is 3.23. The molecule has 0 aliphatic carbocycles. The molecule has 0 fully saturated rings. The Morgan fingerprint density at radius 2 is 2.21 bits per heavy atom. The standard InChI is InChI=1S/C12H15BrN2O4/c1-19-5-4-10(12(17)18)15-11(16)8-3-2-7(13)6-9(8)14/h2-3,6,10H,4-5,14H2,1H3,(H,15,16)(H,17,18). The summed E-state index contributed by atoms with van der Waals surface area (Å²) in [5.41, 5.74) is 6.23. The van der Waals surface area contributed by atoms with Crippen LogP contribution in [0.1, 0.15) is 16.8 Å². The van der Waals surface area contributed by atoms with Crippen molar-refractivity contribution in [2.45, 2.75) is 12.5 Å². The highest BCUT2D eigenvalue weighted by atomic mass is 79.9. The van der Waals surface area contributed by atoms with Crippen molar-refractivity contribution in [2.75, 3.05) is 19.5 Å². The molecular weight excluding hydrogens is 316 g/mol. The summed E-state index contributed by atoms with van der Waals surface area (Å²) in [4.78, 5) is 22.9. The van der Waals surface area contributed by atoms with E-state index in [1.165, 1.54) is 13.2 Å². The van der Waals surface area contributed by atoms with Crippen LogP contribution in [0.15, 0.2) is 22.7 Å². The van der Waals surface area contributed by atoms with E-state index in [0.29, 0.717) is 0 Å². The summed E-state index contributed by atoms with van der Waals surface area (Å²) in [7, 11) is 1.47. The predicted molar refractivity (Wildman–Crippen MR) is 73.9 cm³/mol. The zero-order chi connectivity index (χ0) is 14.4. The number of carbonyl (C=O) groups excluding carboxylic acids is 1. The zero-order valence-corrected chi connectivity index (χ0v) is 11.9. The first-order valence-electron chi connectivity index (χ1n) is 5.53. The Morgan fingerprint density at radius 3 is 2.74 bits per heavy atom. The maximum atomic E-state index is 11.9. The van der Waals surface area contributed by atoms with Crippen molar-refractivity contribution >= 4 is 33.5 Å². The number of nitrogens with one attached hydrogen (secondary N) is 1. The fraction of sp³-hybridized carbons (Fsp3) is 0.333. The van der Waals surface area contributed by atoms with Crippen molar-refractivity contribution in [3.05, 3.63) is 28.2 Å². The molecule has 0 aliphatic heterocycles. The van der Waals surface area contributed by atoms with Gasteiger partial charge in [0, 0.05) is 30.3 Å². The highest BCUT2D eigenvalue weighted by Crippen LogP contribution is 2.18. The number of nitrogens with two attached hydrogens (primary N) is 1. The van der Waals surface area contributed by atoms with E-state index in [4.69, 9.17) is 15.6 Å². The van der Waals surface area contributed by atoms with Gasteiger partial charge in [-0.15, -0.1) is 0 Å². The van der Waals surface area contributed by atoms with Crippen LogP contribution >= 0.6 is 15.9 Å². The molecule has 0 saturated heterocycles. The molecule has 6 nitrogen and oxygen atoms in total. The molecule has 0 aromatic heterocycles. The number of aliphatic carboxylic acids is 1. The number of amides is 1. The van der Waals surface area contributed by atoms with Gasteiger partial charge in [0.2, 0.25) is 0 Å². The molecule has 0 aliphatic rings. The van der Waals surface area contributed by atoms with Gasteiger partial charge in [-0.2, -0.15) is 0 Å². The lowest BCUT2D eigenvalue weighted by Gasteiger charge is -2.15. The Labute approximate surface area is 119 Å². The third-order valence-electron chi connectivity index (χ3n) is 2.47. The topological polar surface area (TPSA) is 102 Å². The highest BCUT2D eigenvalue weighted by molar-refractivity contribution is 9.10. The SMILES string of the molecule is COCCC(NC(=O)c1ccc(Br)cc1N)C(=O)O. The largest absolute Gasteiger partial charge is 0.480 e. The lowest BCUT2D eigenvalue weighted by atomic mass is 10.1. The van der Waals surface area contributed by atoms with Crippen LogP contribution in [-0.4, -0.2) is 36.7 Å². The number of ether oxygens (including phenoxy) is 1. The van der Waals surface area contributed by atoms with Gasteiger partial charge in [0.05, 0.1) is 5.56 Å². The summed E-state index contributed by atoms with van der Waals surface area (Å²) in [6, 6.07) is 3.77. The van der Waals surface area contributed by atoms with Crippen molar-refractivity contribution in [1.29, 1.82) is 0 Å². The second kappa shape index (κ2) is 7.10. The third-order valence-corrected chi connectivity index (χ3v) is 2.97. The van der Waals surface area contributed by atoms with Crippen LogP contribution < -0.4 is 11.1 Å². The van der Waals surface area contributed by atoms with Gasteiger partial charge in [0.1, 0.15) is 6.04 Å². The van der Waals surface area contributed by atoms with Crippen molar-refractivity contribution in [3.8, 4) is 0 Å². The molecule has 0 radical (unpaired) electrons. The number of anilines is 1. The number of methoxy groups -OCH3 is 1. The van der Waals surface area contributed by atoms with Gasteiger partial charge in [-0.05, 0) is 18.2 Å². The molecule has 0 saturated carbocycles. The van der Waals surface area contributed by atoms with E-state index in [1.54, 1.807) is 12.1 Å². The molecular formula is C12H15BrN2O4. The number of rotatable bonds is 6. The average molecular weight is 331 g/mol. The van der Waals surface area contributed by atoms with Gasteiger partial charge in [-0.3, -0.25) is 4.79 Å². The van der Waals surface area contributed by atoms with Crippen molar-refractivity contribution in [3.63, 3.8) is 0 Å².